The SMILES string of the molecule is CS(=O)(=O)NC(=O)c1ccc(Oc2ccc(Cl)cc2)c(-c2cccc(F)c2)c1. The van der Waals surface area contributed by atoms with Gasteiger partial charge in [0.1, 0.15) is 17.3 Å². The predicted molar refractivity (Wildman–Crippen MR) is 106 cm³/mol. The summed E-state index contributed by atoms with van der Waals surface area (Å²) in [5.74, 6) is -0.390. The Kier molecular flexibility index (Phi) is 5.67. The standard InChI is InChI=1S/C20H15ClFNO4S/c1-28(25,26)23-20(24)14-5-10-19(27-17-8-6-15(21)7-9-17)18(12-14)13-3-2-4-16(22)11-13/h2-12H,1H3,(H,23,24). The first-order valence-corrected chi connectivity index (χ1v) is 10.3. The van der Waals surface area contributed by atoms with Crippen LogP contribution in [0.3, 0.4) is 0 Å². The van der Waals surface area contributed by atoms with Gasteiger partial charge in [0.25, 0.3) is 5.91 Å². The number of carbonyl (C=O) groups is 1. The van der Waals surface area contributed by atoms with Crippen molar-refractivity contribution in [2.24, 2.45) is 0 Å². The number of amides is 1. The minimum absolute atomic E-state index is 0.0909. The number of rotatable bonds is 5. The summed E-state index contributed by atoms with van der Waals surface area (Å²) in [4.78, 5) is 12.2. The fourth-order valence-corrected chi connectivity index (χ4v) is 3.08. The number of halogens is 2. The largest absolute Gasteiger partial charge is 0.457 e. The Labute approximate surface area is 166 Å². The van der Waals surface area contributed by atoms with Gasteiger partial charge in [0.2, 0.25) is 10.0 Å². The molecule has 3 rings (SSSR count). The van der Waals surface area contributed by atoms with Gasteiger partial charge in [-0.2, -0.15) is 0 Å². The maximum Gasteiger partial charge on any atom is 0.264 e. The molecule has 1 amide bonds. The molecule has 0 saturated carbocycles. The van der Waals surface area contributed by atoms with Crippen molar-refractivity contribution in [3.05, 3.63) is 83.1 Å². The molecule has 8 heteroatoms. The van der Waals surface area contributed by atoms with Gasteiger partial charge in [-0.3, -0.25) is 4.79 Å². The Balaban J connectivity index is 2.05. The third-order valence-corrected chi connectivity index (χ3v) is 4.51. The van der Waals surface area contributed by atoms with Gasteiger partial charge in [-0.25, -0.2) is 17.5 Å². The van der Waals surface area contributed by atoms with Crippen molar-refractivity contribution < 1.29 is 22.3 Å². The summed E-state index contributed by atoms with van der Waals surface area (Å²) in [6.07, 6.45) is 0.885. The molecule has 5 nitrogen and oxygen atoms in total. The lowest BCUT2D eigenvalue weighted by molar-refractivity contribution is 0.0981. The minimum Gasteiger partial charge on any atom is -0.457 e. The molecule has 0 aliphatic heterocycles. The molecule has 0 atom stereocenters. The Morgan fingerprint density at radius 3 is 2.39 bits per heavy atom. The molecule has 0 heterocycles. The van der Waals surface area contributed by atoms with E-state index in [0.717, 1.165) is 6.26 Å². The summed E-state index contributed by atoms with van der Waals surface area (Å²) >= 11 is 5.88. The number of carbonyl (C=O) groups excluding carboxylic acids is 1. The van der Waals surface area contributed by atoms with Crippen LogP contribution in [0.2, 0.25) is 5.02 Å². The fraction of sp³-hybridized carbons (Fsp3) is 0.0500. The zero-order chi connectivity index (χ0) is 20.3. The van der Waals surface area contributed by atoms with E-state index < -0.39 is 21.7 Å². The van der Waals surface area contributed by atoms with Gasteiger partial charge in [0, 0.05) is 16.1 Å². The Hall–Kier alpha value is -2.90. The van der Waals surface area contributed by atoms with E-state index in [2.05, 4.69) is 0 Å². The average Bonchev–Trinajstić information content (AvgIpc) is 2.62. The van der Waals surface area contributed by atoms with Crippen LogP contribution >= 0.6 is 11.6 Å². The summed E-state index contributed by atoms with van der Waals surface area (Å²) < 4.78 is 44.2. The van der Waals surface area contributed by atoms with Crippen LogP contribution in [0.4, 0.5) is 4.39 Å². The Morgan fingerprint density at radius 2 is 1.75 bits per heavy atom. The lowest BCUT2D eigenvalue weighted by Crippen LogP contribution is -2.29. The molecule has 0 bridgehead atoms. The first-order valence-electron chi connectivity index (χ1n) is 8.07. The monoisotopic (exact) mass is 419 g/mol. The third kappa shape index (κ3) is 5.09. The van der Waals surface area contributed by atoms with Gasteiger partial charge in [-0.05, 0) is 60.2 Å². The third-order valence-electron chi connectivity index (χ3n) is 3.70. The topological polar surface area (TPSA) is 72.5 Å². The molecule has 0 aliphatic rings. The van der Waals surface area contributed by atoms with Gasteiger partial charge in [-0.1, -0.05) is 23.7 Å². The molecule has 0 unspecified atom stereocenters. The van der Waals surface area contributed by atoms with Crippen LogP contribution in [0.5, 0.6) is 11.5 Å². The Morgan fingerprint density at radius 1 is 1.04 bits per heavy atom. The normalized spacial score (nSPS) is 11.1. The van der Waals surface area contributed by atoms with E-state index in [1.165, 1.54) is 36.4 Å². The molecule has 0 aliphatic carbocycles. The van der Waals surface area contributed by atoms with E-state index in [4.69, 9.17) is 16.3 Å². The summed E-state index contributed by atoms with van der Waals surface area (Å²) in [7, 11) is -3.72. The van der Waals surface area contributed by atoms with Crippen molar-refractivity contribution in [3.8, 4) is 22.6 Å². The van der Waals surface area contributed by atoms with E-state index in [0.29, 0.717) is 27.6 Å². The maximum atomic E-state index is 13.7. The molecule has 0 radical (unpaired) electrons. The number of nitrogens with one attached hydrogen (secondary N) is 1. The van der Waals surface area contributed by atoms with Gasteiger partial charge in [0.05, 0.1) is 6.26 Å². The van der Waals surface area contributed by atoms with Crippen LogP contribution in [0.25, 0.3) is 11.1 Å². The van der Waals surface area contributed by atoms with Gasteiger partial charge >= 0.3 is 0 Å². The van der Waals surface area contributed by atoms with E-state index in [-0.39, 0.29) is 5.56 Å². The zero-order valence-electron chi connectivity index (χ0n) is 14.6. The average molecular weight is 420 g/mol. The molecule has 3 aromatic carbocycles. The zero-order valence-corrected chi connectivity index (χ0v) is 16.2. The number of sulfonamides is 1. The van der Waals surface area contributed by atoms with Gasteiger partial charge < -0.3 is 4.74 Å². The van der Waals surface area contributed by atoms with Crippen LogP contribution in [0.1, 0.15) is 10.4 Å². The lowest BCUT2D eigenvalue weighted by Gasteiger charge is -2.13. The fourth-order valence-electron chi connectivity index (χ4n) is 2.50. The van der Waals surface area contributed by atoms with Crippen molar-refractivity contribution in [2.45, 2.75) is 0 Å². The number of hydrogen-bond acceptors (Lipinski definition) is 4. The second-order valence-electron chi connectivity index (χ2n) is 5.98. The highest BCUT2D eigenvalue weighted by Gasteiger charge is 2.16. The summed E-state index contributed by atoms with van der Waals surface area (Å²) in [5.41, 5.74) is 0.988. The van der Waals surface area contributed by atoms with Crippen LogP contribution in [0, 0.1) is 5.82 Å². The lowest BCUT2D eigenvalue weighted by atomic mass is 10.0. The summed E-state index contributed by atoms with van der Waals surface area (Å²) in [5, 5.41) is 0.547. The maximum absolute atomic E-state index is 13.7. The van der Waals surface area contributed by atoms with Crippen LogP contribution in [-0.2, 0) is 10.0 Å². The van der Waals surface area contributed by atoms with Crippen molar-refractivity contribution in [2.75, 3.05) is 6.26 Å². The first-order chi connectivity index (χ1) is 13.2. The Bertz CT molecular complexity index is 1130. The van der Waals surface area contributed by atoms with E-state index in [9.17, 15) is 17.6 Å². The highest BCUT2D eigenvalue weighted by Crippen LogP contribution is 2.35. The second-order valence-corrected chi connectivity index (χ2v) is 8.17. The van der Waals surface area contributed by atoms with Crippen molar-refractivity contribution >= 4 is 27.5 Å². The van der Waals surface area contributed by atoms with Crippen LogP contribution in [0.15, 0.2) is 66.7 Å². The molecule has 28 heavy (non-hydrogen) atoms. The highest BCUT2D eigenvalue weighted by atomic mass is 35.5. The van der Waals surface area contributed by atoms with E-state index in [1.54, 1.807) is 30.3 Å². The number of ether oxygens (including phenoxy) is 1. The molecule has 3 aromatic rings. The minimum atomic E-state index is -3.72. The van der Waals surface area contributed by atoms with Crippen molar-refractivity contribution in [3.63, 3.8) is 0 Å². The van der Waals surface area contributed by atoms with Crippen molar-refractivity contribution in [1.29, 1.82) is 0 Å². The van der Waals surface area contributed by atoms with Crippen LogP contribution in [-0.4, -0.2) is 20.6 Å². The molecule has 0 aromatic heterocycles. The van der Waals surface area contributed by atoms with Gasteiger partial charge in [0.15, 0.2) is 0 Å². The highest BCUT2D eigenvalue weighted by molar-refractivity contribution is 7.89. The van der Waals surface area contributed by atoms with E-state index >= 15 is 0 Å². The predicted octanol–water partition coefficient (Wildman–Crippen LogP) is 4.63. The summed E-state index contributed by atoms with van der Waals surface area (Å²) in [6.45, 7) is 0. The molecule has 1 N–H and O–H groups in total. The number of hydrogen-bond donors (Lipinski definition) is 1. The molecule has 0 saturated heterocycles. The van der Waals surface area contributed by atoms with Crippen LogP contribution < -0.4 is 9.46 Å². The summed E-state index contributed by atoms with van der Waals surface area (Å²) in [6, 6.07) is 16.8. The second kappa shape index (κ2) is 8.00. The molecular formula is C20H15ClFNO4S. The smallest absolute Gasteiger partial charge is 0.264 e. The molecule has 144 valence electrons. The molecule has 0 spiro atoms. The van der Waals surface area contributed by atoms with E-state index in [1.807, 2.05) is 4.72 Å². The molecular weight excluding hydrogens is 405 g/mol. The number of benzene rings is 3. The molecule has 0 fully saturated rings. The quantitative estimate of drug-likeness (QED) is 0.654. The van der Waals surface area contributed by atoms with Gasteiger partial charge in [-0.15, -0.1) is 0 Å². The van der Waals surface area contributed by atoms with Crippen molar-refractivity contribution in [1.82, 2.24) is 4.72 Å². The first kappa shape index (κ1) is 19.9.